The minimum absolute atomic E-state index is 0.358. The second-order valence-electron chi connectivity index (χ2n) is 4.08. The van der Waals surface area contributed by atoms with Crippen LogP contribution in [0.1, 0.15) is 45.2 Å². The van der Waals surface area contributed by atoms with E-state index in [2.05, 4.69) is 42.3 Å². The first-order chi connectivity index (χ1) is 8.81. The lowest BCUT2D eigenvalue weighted by molar-refractivity contribution is 0.339. The van der Waals surface area contributed by atoms with Crippen LogP contribution in [0, 0.1) is 11.8 Å². The normalized spacial score (nSPS) is 11.5. The van der Waals surface area contributed by atoms with E-state index in [-0.39, 0.29) is 0 Å². The van der Waals surface area contributed by atoms with Crippen molar-refractivity contribution in [2.24, 2.45) is 0 Å². The molecule has 0 fully saturated rings. The topological polar surface area (TPSA) is 21.3 Å². The third-order valence-corrected chi connectivity index (χ3v) is 2.76. The van der Waals surface area contributed by atoms with Crippen LogP contribution in [0.2, 0.25) is 0 Å². The molecule has 1 unspecified atom stereocenters. The first kappa shape index (κ1) is 14.6. The Balaban J connectivity index is 2.75. The summed E-state index contributed by atoms with van der Waals surface area (Å²) in [6, 6.07) is 8.68. The van der Waals surface area contributed by atoms with Gasteiger partial charge in [-0.1, -0.05) is 19.1 Å². The average molecular weight is 245 g/mol. The van der Waals surface area contributed by atoms with Crippen LogP contribution in [0.5, 0.6) is 5.75 Å². The Kier molecular flexibility index (Phi) is 6.98. The summed E-state index contributed by atoms with van der Waals surface area (Å²) in [6.45, 7) is 7.69. The van der Waals surface area contributed by atoms with Gasteiger partial charge in [-0.3, -0.25) is 0 Å². The summed E-state index contributed by atoms with van der Waals surface area (Å²) in [6.07, 6.45) is 1.96. The van der Waals surface area contributed by atoms with Gasteiger partial charge in [-0.2, -0.15) is 0 Å². The summed E-state index contributed by atoms with van der Waals surface area (Å²) in [5, 5.41) is 3.50. The SMILES string of the molecule is CC#CCCC(NCC)c1cccc(OCC)c1. The van der Waals surface area contributed by atoms with Crippen LogP contribution in [0.15, 0.2) is 24.3 Å². The summed E-state index contributed by atoms with van der Waals surface area (Å²) in [4.78, 5) is 0. The van der Waals surface area contributed by atoms with Crippen LogP contribution >= 0.6 is 0 Å². The fourth-order valence-electron chi connectivity index (χ4n) is 1.96. The van der Waals surface area contributed by atoms with Crippen molar-refractivity contribution in [3.05, 3.63) is 29.8 Å². The van der Waals surface area contributed by atoms with Crippen molar-refractivity contribution >= 4 is 0 Å². The standard InChI is InChI=1S/C16H23NO/c1-4-7-8-12-16(17-5-2)14-10-9-11-15(13-14)18-6-3/h9-11,13,16-17H,5-6,8,12H2,1-3H3. The molecule has 0 aliphatic heterocycles. The van der Waals surface area contributed by atoms with Gasteiger partial charge >= 0.3 is 0 Å². The van der Waals surface area contributed by atoms with E-state index in [4.69, 9.17) is 4.74 Å². The predicted molar refractivity (Wildman–Crippen MR) is 76.7 cm³/mol. The molecule has 1 atom stereocenters. The van der Waals surface area contributed by atoms with Crippen molar-refractivity contribution < 1.29 is 4.74 Å². The minimum atomic E-state index is 0.358. The molecule has 0 aliphatic rings. The monoisotopic (exact) mass is 245 g/mol. The lowest BCUT2D eigenvalue weighted by Gasteiger charge is -2.18. The van der Waals surface area contributed by atoms with Gasteiger partial charge in [-0.25, -0.2) is 0 Å². The molecule has 0 aliphatic carbocycles. The molecule has 0 saturated carbocycles. The zero-order valence-electron chi connectivity index (χ0n) is 11.6. The minimum Gasteiger partial charge on any atom is -0.494 e. The summed E-state index contributed by atoms with van der Waals surface area (Å²) in [5.41, 5.74) is 1.28. The smallest absolute Gasteiger partial charge is 0.119 e. The highest BCUT2D eigenvalue weighted by Gasteiger charge is 2.10. The molecule has 0 spiro atoms. The summed E-state index contributed by atoms with van der Waals surface area (Å²) >= 11 is 0. The lowest BCUT2D eigenvalue weighted by atomic mass is 10.0. The fraction of sp³-hybridized carbons (Fsp3) is 0.500. The van der Waals surface area contributed by atoms with E-state index in [0.717, 1.165) is 25.1 Å². The van der Waals surface area contributed by atoms with Gasteiger partial charge in [-0.15, -0.1) is 11.8 Å². The van der Waals surface area contributed by atoms with Gasteiger partial charge in [0.25, 0.3) is 0 Å². The molecular formula is C16H23NO. The predicted octanol–water partition coefficient (Wildman–Crippen LogP) is 3.54. The molecule has 1 N–H and O–H groups in total. The third-order valence-electron chi connectivity index (χ3n) is 2.76. The van der Waals surface area contributed by atoms with Crippen LogP contribution in [0.4, 0.5) is 0 Å². The van der Waals surface area contributed by atoms with Crippen molar-refractivity contribution in [1.29, 1.82) is 0 Å². The van der Waals surface area contributed by atoms with Crippen molar-refractivity contribution in [2.45, 2.75) is 39.7 Å². The van der Waals surface area contributed by atoms with Crippen LogP contribution in [0.25, 0.3) is 0 Å². The second-order valence-corrected chi connectivity index (χ2v) is 4.08. The highest BCUT2D eigenvalue weighted by Crippen LogP contribution is 2.22. The number of hydrogen-bond acceptors (Lipinski definition) is 2. The van der Waals surface area contributed by atoms with Gasteiger partial charge in [0, 0.05) is 12.5 Å². The molecule has 0 radical (unpaired) electrons. The van der Waals surface area contributed by atoms with Crippen LogP contribution in [0.3, 0.4) is 0 Å². The van der Waals surface area contributed by atoms with Crippen molar-refractivity contribution in [1.82, 2.24) is 5.32 Å². The van der Waals surface area contributed by atoms with Crippen molar-refractivity contribution in [3.63, 3.8) is 0 Å². The molecule has 0 aromatic heterocycles. The maximum absolute atomic E-state index is 5.54. The zero-order chi connectivity index (χ0) is 13.2. The lowest BCUT2D eigenvalue weighted by Crippen LogP contribution is -2.20. The number of benzene rings is 1. The van der Waals surface area contributed by atoms with E-state index in [1.165, 1.54) is 5.56 Å². The van der Waals surface area contributed by atoms with E-state index >= 15 is 0 Å². The average Bonchev–Trinajstić information content (AvgIpc) is 2.39. The summed E-state index contributed by atoms with van der Waals surface area (Å²) in [5.74, 6) is 7.02. The fourth-order valence-corrected chi connectivity index (χ4v) is 1.96. The third kappa shape index (κ3) is 4.81. The molecule has 1 aromatic carbocycles. The maximum atomic E-state index is 5.54. The Bertz CT molecular complexity index is 403. The molecule has 0 amide bonds. The van der Waals surface area contributed by atoms with Crippen LogP contribution in [-0.4, -0.2) is 13.2 Å². The van der Waals surface area contributed by atoms with Gasteiger partial charge in [-0.05, 0) is 44.5 Å². The molecular weight excluding hydrogens is 222 g/mol. The number of rotatable bonds is 7. The zero-order valence-corrected chi connectivity index (χ0v) is 11.6. The van der Waals surface area contributed by atoms with Gasteiger partial charge in [0.1, 0.15) is 5.75 Å². The highest BCUT2D eigenvalue weighted by atomic mass is 16.5. The van der Waals surface area contributed by atoms with Crippen LogP contribution in [-0.2, 0) is 0 Å². The van der Waals surface area contributed by atoms with Crippen LogP contribution < -0.4 is 10.1 Å². The van der Waals surface area contributed by atoms with E-state index in [1.54, 1.807) is 0 Å². The number of nitrogens with one attached hydrogen (secondary N) is 1. The molecule has 0 saturated heterocycles. The summed E-state index contributed by atoms with van der Waals surface area (Å²) < 4.78 is 5.54. The largest absolute Gasteiger partial charge is 0.494 e. The molecule has 2 heteroatoms. The Morgan fingerprint density at radius 3 is 2.83 bits per heavy atom. The molecule has 98 valence electrons. The van der Waals surface area contributed by atoms with Gasteiger partial charge in [0.15, 0.2) is 0 Å². The number of ether oxygens (including phenoxy) is 1. The first-order valence-corrected chi connectivity index (χ1v) is 6.67. The molecule has 2 nitrogen and oxygen atoms in total. The molecule has 0 bridgehead atoms. The first-order valence-electron chi connectivity index (χ1n) is 6.67. The van der Waals surface area contributed by atoms with Gasteiger partial charge < -0.3 is 10.1 Å². The Morgan fingerprint density at radius 1 is 1.33 bits per heavy atom. The number of hydrogen-bond donors (Lipinski definition) is 1. The Morgan fingerprint density at radius 2 is 2.17 bits per heavy atom. The van der Waals surface area contributed by atoms with Gasteiger partial charge in [0.2, 0.25) is 0 Å². The van der Waals surface area contributed by atoms with E-state index < -0.39 is 0 Å². The van der Waals surface area contributed by atoms with E-state index in [0.29, 0.717) is 12.6 Å². The van der Waals surface area contributed by atoms with E-state index in [1.807, 2.05) is 19.9 Å². The summed E-state index contributed by atoms with van der Waals surface area (Å²) in [7, 11) is 0. The Hall–Kier alpha value is -1.46. The van der Waals surface area contributed by atoms with Gasteiger partial charge in [0.05, 0.1) is 6.61 Å². The Labute approximate surface area is 111 Å². The van der Waals surface area contributed by atoms with E-state index in [9.17, 15) is 0 Å². The maximum Gasteiger partial charge on any atom is 0.119 e. The van der Waals surface area contributed by atoms with Crippen molar-refractivity contribution in [2.75, 3.05) is 13.2 Å². The molecule has 18 heavy (non-hydrogen) atoms. The van der Waals surface area contributed by atoms with Crippen molar-refractivity contribution in [3.8, 4) is 17.6 Å². The molecule has 1 rings (SSSR count). The second kappa shape index (κ2) is 8.60. The molecule has 1 aromatic rings. The highest BCUT2D eigenvalue weighted by molar-refractivity contribution is 5.30. The quantitative estimate of drug-likeness (QED) is 0.742. The molecule has 0 heterocycles.